The average Bonchev–Trinajstić information content (AvgIpc) is 2.76. The number of benzene rings is 1. The van der Waals surface area contributed by atoms with E-state index in [1.807, 2.05) is 26.0 Å². The molecule has 0 aliphatic carbocycles. The highest BCUT2D eigenvalue weighted by molar-refractivity contribution is 5.89. The fraction of sp³-hybridized carbons (Fsp3) is 0.478. The van der Waals surface area contributed by atoms with Crippen molar-refractivity contribution >= 4 is 5.97 Å². The quantitative estimate of drug-likeness (QED) is 0.381. The molecule has 0 fully saturated rings. The number of pyridine rings is 1. The average molecular weight is 434 g/mol. The molecule has 8 heteroatoms. The highest BCUT2D eigenvalue weighted by Crippen LogP contribution is 2.32. The number of esters is 1. The molecule has 0 unspecified atom stereocenters. The Morgan fingerprint density at radius 1 is 0.903 bits per heavy atom. The van der Waals surface area contributed by atoms with Crippen LogP contribution in [0, 0.1) is 13.8 Å². The number of aliphatic hydroxyl groups excluding tert-OH is 1. The molecule has 8 nitrogen and oxygen atoms in total. The van der Waals surface area contributed by atoms with E-state index in [2.05, 4.69) is 4.98 Å². The van der Waals surface area contributed by atoms with Crippen LogP contribution in [0.25, 0.3) is 11.1 Å². The summed E-state index contributed by atoms with van der Waals surface area (Å²) in [6, 6.07) is 7.31. The number of hydrogen-bond acceptors (Lipinski definition) is 8. The molecular formula is C23H31NO7. The Morgan fingerprint density at radius 2 is 1.52 bits per heavy atom. The van der Waals surface area contributed by atoms with Crippen LogP contribution < -0.4 is 4.74 Å². The van der Waals surface area contributed by atoms with Gasteiger partial charge in [0, 0.05) is 7.11 Å². The molecule has 0 radical (unpaired) electrons. The van der Waals surface area contributed by atoms with Crippen molar-refractivity contribution in [2.45, 2.75) is 20.5 Å². The van der Waals surface area contributed by atoms with Crippen molar-refractivity contribution in [3.05, 3.63) is 46.8 Å². The van der Waals surface area contributed by atoms with Gasteiger partial charge in [-0.05, 0) is 60.4 Å². The molecule has 1 aromatic heterocycles. The van der Waals surface area contributed by atoms with Crippen molar-refractivity contribution in [2.24, 2.45) is 0 Å². The first-order valence-electron chi connectivity index (χ1n) is 10.1. The molecule has 2 rings (SSSR count). The standard InChI is InChI=1S/C23H31NO7/c1-16-11-20(31-10-9-30-8-7-29-6-5-27-3)12-17(2)22(16)18-13-19(15-25)24-21(14-18)23(26)28-4/h11-14,25H,5-10,15H2,1-4H3. The molecule has 0 saturated carbocycles. The fourth-order valence-corrected chi connectivity index (χ4v) is 3.17. The summed E-state index contributed by atoms with van der Waals surface area (Å²) in [5, 5.41) is 9.52. The predicted octanol–water partition coefficient (Wildman–Crippen LogP) is 2.70. The largest absolute Gasteiger partial charge is 0.491 e. The normalized spacial score (nSPS) is 10.9. The first-order chi connectivity index (χ1) is 15.0. The summed E-state index contributed by atoms with van der Waals surface area (Å²) in [5.41, 5.74) is 4.27. The molecule has 0 aliphatic rings. The van der Waals surface area contributed by atoms with E-state index >= 15 is 0 Å². The third kappa shape index (κ3) is 7.59. The zero-order chi connectivity index (χ0) is 22.6. The monoisotopic (exact) mass is 433 g/mol. The van der Waals surface area contributed by atoms with Crippen LogP contribution in [0.2, 0.25) is 0 Å². The van der Waals surface area contributed by atoms with Crippen LogP contribution in [-0.4, -0.2) is 69.9 Å². The minimum absolute atomic E-state index is 0.159. The summed E-state index contributed by atoms with van der Waals surface area (Å²) in [4.78, 5) is 16.1. The SMILES string of the molecule is COCCOCCOCCOc1cc(C)c(-c2cc(CO)nc(C(=O)OC)c2)c(C)c1. The van der Waals surface area contributed by atoms with Gasteiger partial charge in [-0.2, -0.15) is 0 Å². The van der Waals surface area contributed by atoms with Gasteiger partial charge in [-0.1, -0.05) is 0 Å². The molecule has 1 aromatic carbocycles. The molecule has 0 spiro atoms. The molecule has 1 N–H and O–H groups in total. The number of nitrogens with zero attached hydrogens (tertiary/aromatic N) is 1. The maximum absolute atomic E-state index is 11.9. The molecule has 31 heavy (non-hydrogen) atoms. The molecule has 0 saturated heterocycles. The highest BCUT2D eigenvalue weighted by atomic mass is 16.6. The van der Waals surface area contributed by atoms with E-state index in [1.165, 1.54) is 7.11 Å². The van der Waals surface area contributed by atoms with E-state index in [-0.39, 0.29) is 12.3 Å². The number of aliphatic hydroxyl groups is 1. The molecule has 170 valence electrons. The van der Waals surface area contributed by atoms with Gasteiger partial charge < -0.3 is 28.8 Å². The van der Waals surface area contributed by atoms with Crippen molar-refractivity contribution in [3.8, 4) is 16.9 Å². The summed E-state index contributed by atoms with van der Waals surface area (Å²) in [6.07, 6.45) is 0. The maximum atomic E-state index is 11.9. The number of rotatable bonds is 13. The molecule has 0 bridgehead atoms. The number of ether oxygens (including phenoxy) is 5. The second-order valence-electron chi connectivity index (χ2n) is 6.88. The molecule has 0 aliphatic heterocycles. The van der Waals surface area contributed by atoms with Crippen LogP contribution in [0.15, 0.2) is 24.3 Å². The van der Waals surface area contributed by atoms with Gasteiger partial charge in [0.1, 0.15) is 18.1 Å². The zero-order valence-corrected chi connectivity index (χ0v) is 18.6. The van der Waals surface area contributed by atoms with Gasteiger partial charge in [0.25, 0.3) is 0 Å². The second kappa shape index (κ2) is 13.0. The summed E-state index contributed by atoms with van der Waals surface area (Å²) in [7, 11) is 2.94. The van der Waals surface area contributed by atoms with Gasteiger partial charge in [-0.15, -0.1) is 0 Å². The Hall–Kier alpha value is -2.52. The minimum Gasteiger partial charge on any atom is -0.491 e. The number of aryl methyl sites for hydroxylation is 2. The van der Waals surface area contributed by atoms with Crippen molar-refractivity contribution in [2.75, 3.05) is 53.9 Å². The first kappa shape index (κ1) is 24.7. The maximum Gasteiger partial charge on any atom is 0.356 e. The Balaban J connectivity index is 2.00. The smallest absolute Gasteiger partial charge is 0.356 e. The van der Waals surface area contributed by atoms with E-state index in [4.69, 9.17) is 23.7 Å². The van der Waals surface area contributed by atoms with E-state index in [0.29, 0.717) is 45.3 Å². The Bertz CT molecular complexity index is 831. The van der Waals surface area contributed by atoms with Crippen LogP contribution in [0.1, 0.15) is 27.3 Å². The van der Waals surface area contributed by atoms with E-state index in [1.54, 1.807) is 19.2 Å². The highest BCUT2D eigenvalue weighted by Gasteiger charge is 2.15. The predicted molar refractivity (Wildman–Crippen MR) is 115 cm³/mol. The van der Waals surface area contributed by atoms with Crippen molar-refractivity contribution in [1.29, 1.82) is 0 Å². The van der Waals surface area contributed by atoms with Crippen molar-refractivity contribution in [3.63, 3.8) is 0 Å². The van der Waals surface area contributed by atoms with Crippen LogP contribution in [0.5, 0.6) is 5.75 Å². The summed E-state index contributed by atoms with van der Waals surface area (Å²) < 4.78 is 26.3. The molecule has 0 atom stereocenters. The summed E-state index contributed by atoms with van der Waals surface area (Å²) in [5.74, 6) is 0.194. The fourth-order valence-electron chi connectivity index (χ4n) is 3.17. The number of aromatic nitrogens is 1. The van der Waals surface area contributed by atoms with Crippen LogP contribution in [-0.2, 0) is 25.6 Å². The van der Waals surface area contributed by atoms with Gasteiger partial charge in [-0.25, -0.2) is 9.78 Å². The van der Waals surface area contributed by atoms with E-state index in [0.717, 1.165) is 28.0 Å². The number of carbonyl (C=O) groups excluding carboxylic acids is 1. The molecule has 1 heterocycles. The lowest BCUT2D eigenvalue weighted by atomic mass is 9.95. The lowest BCUT2D eigenvalue weighted by molar-refractivity contribution is 0.0179. The number of methoxy groups -OCH3 is 2. The van der Waals surface area contributed by atoms with Crippen LogP contribution >= 0.6 is 0 Å². The van der Waals surface area contributed by atoms with Crippen molar-refractivity contribution in [1.82, 2.24) is 4.98 Å². The number of carbonyl (C=O) groups is 1. The lowest BCUT2D eigenvalue weighted by Crippen LogP contribution is -2.12. The van der Waals surface area contributed by atoms with Crippen LogP contribution in [0.4, 0.5) is 0 Å². The topological polar surface area (TPSA) is 96.3 Å². The van der Waals surface area contributed by atoms with Gasteiger partial charge >= 0.3 is 5.97 Å². The van der Waals surface area contributed by atoms with Gasteiger partial charge in [0.2, 0.25) is 0 Å². The van der Waals surface area contributed by atoms with Gasteiger partial charge in [-0.3, -0.25) is 0 Å². The van der Waals surface area contributed by atoms with Gasteiger partial charge in [0.05, 0.1) is 52.4 Å². The molecular weight excluding hydrogens is 402 g/mol. The van der Waals surface area contributed by atoms with Crippen molar-refractivity contribution < 1.29 is 33.6 Å². The van der Waals surface area contributed by atoms with E-state index in [9.17, 15) is 9.90 Å². The Kier molecular flexibility index (Phi) is 10.4. The zero-order valence-electron chi connectivity index (χ0n) is 18.6. The van der Waals surface area contributed by atoms with E-state index < -0.39 is 5.97 Å². The minimum atomic E-state index is -0.545. The summed E-state index contributed by atoms with van der Waals surface area (Å²) >= 11 is 0. The molecule has 2 aromatic rings. The third-order valence-corrected chi connectivity index (χ3v) is 4.53. The second-order valence-corrected chi connectivity index (χ2v) is 6.88. The Labute approximate surface area is 183 Å². The Morgan fingerprint density at radius 3 is 2.10 bits per heavy atom. The number of hydrogen-bond donors (Lipinski definition) is 1. The van der Waals surface area contributed by atoms with Gasteiger partial charge in [0.15, 0.2) is 0 Å². The lowest BCUT2D eigenvalue weighted by Gasteiger charge is -2.15. The van der Waals surface area contributed by atoms with Crippen LogP contribution in [0.3, 0.4) is 0 Å². The summed E-state index contributed by atoms with van der Waals surface area (Å²) in [6.45, 7) is 6.71. The third-order valence-electron chi connectivity index (χ3n) is 4.53. The first-order valence-corrected chi connectivity index (χ1v) is 10.1. The molecule has 0 amide bonds.